The Kier molecular flexibility index (Phi) is 4.86. The van der Waals surface area contributed by atoms with E-state index in [2.05, 4.69) is 135 Å². The third kappa shape index (κ3) is 3.35. The third-order valence-corrected chi connectivity index (χ3v) is 8.95. The predicted octanol–water partition coefficient (Wildman–Crippen LogP) is 8.28. The minimum atomic E-state index is -0.232. The summed E-state index contributed by atoms with van der Waals surface area (Å²) in [5, 5.41) is 2.52. The lowest BCUT2D eigenvalue weighted by molar-refractivity contribution is 0.628. The smallest absolute Gasteiger partial charge is 0.162 e. The molecule has 0 aliphatic carbocycles. The molecule has 0 N–H and O–H groups in total. The molecule has 0 amide bonds. The van der Waals surface area contributed by atoms with Gasteiger partial charge in [0.1, 0.15) is 18.5 Å². The molecule has 9 rings (SSSR count). The van der Waals surface area contributed by atoms with Gasteiger partial charge in [-0.05, 0) is 53.6 Å². The monoisotopic (exact) mass is 554 g/mol. The second-order valence-electron chi connectivity index (χ2n) is 11.7. The minimum absolute atomic E-state index is 0.232. The van der Waals surface area contributed by atoms with Crippen molar-refractivity contribution in [2.24, 2.45) is 0 Å². The van der Waals surface area contributed by atoms with Gasteiger partial charge in [-0.1, -0.05) is 80.6 Å². The number of benzene rings is 5. The lowest BCUT2D eigenvalue weighted by Crippen LogP contribution is -2.26. The highest BCUT2D eigenvalue weighted by Crippen LogP contribution is 2.47. The Bertz CT molecular complexity index is 2330. The van der Waals surface area contributed by atoms with Gasteiger partial charge in [0.2, 0.25) is 0 Å². The summed E-state index contributed by atoms with van der Waals surface area (Å²) in [5.41, 5.74) is 11.1. The molecule has 3 aromatic heterocycles. The number of fused-ring (bicyclic) bond motifs is 5. The molecule has 0 spiro atoms. The molecule has 0 radical (unpaired) electrons. The van der Waals surface area contributed by atoms with E-state index in [1.54, 1.807) is 0 Å². The first-order valence-electron chi connectivity index (χ1n) is 14.5. The van der Waals surface area contributed by atoms with Crippen LogP contribution in [-0.2, 0) is 5.41 Å². The topological polar surface area (TPSA) is 61.4 Å². The van der Waals surface area contributed by atoms with Gasteiger partial charge in [0, 0.05) is 33.0 Å². The molecule has 204 valence electrons. The molecule has 1 aliphatic heterocycles. The van der Waals surface area contributed by atoms with Crippen LogP contribution in [0, 0.1) is 0 Å². The Morgan fingerprint density at radius 1 is 0.605 bits per heavy atom. The van der Waals surface area contributed by atoms with E-state index in [0.29, 0.717) is 5.82 Å². The number of hydrogen-bond acceptors (Lipinski definition) is 4. The van der Waals surface area contributed by atoms with Gasteiger partial charge in [-0.3, -0.25) is 4.57 Å². The Morgan fingerprint density at radius 2 is 1.30 bits per heavy atom. The van der Waals surface area contributed by atoms with E-state index in [1.807, 2.05) is 12.1 Å². The standard InChI is InChI=1S/C37H26N6/c1-37(2)28-13-8-14-30-34(28)43(36(41-30)24-10-7-9-23(19-24)35-39-21-38-22-40-35)33-18-17-25(20-29(33)37)42-31-15-5-3-11-26(31)27-12-4-6-16-32(27)42/h3-22H,1-2H3. The minimum Gasteiger partial charge on any atom is -0.309 e. The van der Waals surface area contributed by atoms with Crippen molar-refractivity contribution in [2.45, 2.75) is 19.3 Å². The highest BCUT2D eigenvalue weighted by Gasteiger charge is 2.36. The van der Waals surface area contributed by atoms with E-state index < -0.39 is 0 Å². The molecule has 5 aromatic carbocycles. The van der Waals surface area contributed by atoms with Gasteiger partial charge in [-0.25, -0.2) is 19.9 Å². The van der Waals surface area contributed by atoms with Gasteiger partial charge in [-0.15, -0.1) is 0 Å². The summed E-state index contributed by atoms with van der Waals surface area (Å²) in [6.45, 7) is 4.65. The summed E-state index contributed by atoms with van der Waals surface area (Å²) >= 11 is 0. The maximum Gasteiger partial charge on any atom is 0.162 e. The normalized spacial score (nSPS) is 13.5. The summed E-state index contributed by atoms with van der Waals surface area (Å²) in [7, 11) is 0. The fraction of sp³-hybridized carbons (Fsp3) is 0.0811. The van der Waals surface area contributed by atoms with E-state index in [0.717, 1.165) is 39.4 Å². The summed E-state index contributed by atoms with van der Waals surface area (Å²) in [6.07, 6.45) is 3.06. The zero-order valence-corrected chi connectivity index (χ0v) is 23.7. The molecule has 0 bridgehead atoms. The molecule has 43 heavy (non-hydrogen) atoms. The van der Waals surface area contributed by atoms with E-state index >= 15 is 0 Å². The van der Waals surface area contributed by atoms with Crippen LogP contribution in [0.1, 0.15) is 25.0 Å². The summed E-state index contributed by atoms with van der Waals surface area (Å²) in [5.74, 6) is 1.55. The molecular formula is C37H26N6. The lowest BCUT2D eigenvalue weighted by atomic mass is 9.74. The first-order valence-corrected chi connectivity index (χ1v) is 14.5. The quantitative estimate of drug-likeness (QED) is 0.220. The molecule has 0 atom stereocenters. The van der Waals surface area contributed by atoms with Gasteiger partial charge in [0.05, 0.1) is 27.8 Å². The van der Waals surface area contributed by atoms with Crippen molar-refractivity contribution in [1.82, 2.24) is 29.1 Å². The van der Waals surface area contributed by atoms with Crippen molar-refractivity contribution < 1.29 is 0 Å². The third-order valence-electron chi connectivity index (χ3n) is 8.95. The number of hydrogen-bond donors (Lipinski definition) is 0. The number of para-hydroxylation sites is 3. The van der Waals surface area contributed by atoms with Crippen LogP contribution in [0.25, 0.3) is 67.0 Å². The van der Waals surface area contributed by atoms with Gasteiger partial charge in [0.15, 0.2) is 5.82 Å². The molecule has 0 saturated heterocycles. The van der Waals surface area contributed by atoms with Gasteiger partial charge in [0.25, 0.3) is 0 Å². The Labute approximate surface area is 248 Å². The van der Waals surface area contributed by atoms with Crippen molar-refractivity contribution in [3.8, 4) is 34.2 Å². The van der Waals surface area contributed by atoms with Crippen LogP contribution in [0.4, 0.5) is 0 Å². The number of imidazole rings is 1. The summed E-state index contributed by atoms with van der Waals surface area (Å²) in [6, 6.07) is 39.0. The highest BCUT2D eigenvalue weighted by atomic mass is 15.1. The molecular weight excluding hydrogens is 528 g/mol. The molecule has 8 aromatic rings. The SMILES string of the molecule is CC1(C)c2cc(-n3c4ccccc4c4ccccc43)ccc2-n2c(-c3cccc(-c4ncncn4)c3)nc3cccc1c32. The average Bonchev–Trinajstić information content (AvgIpc) is 3.61. The maximum atomic E-state index is 5.21. The van der Waals surface area contributed by atoms with E-state index in [4.69, 9.17) is 4.98 Å². The fourth-order valence-electron chi connectivity index (χ4n) is 6.95. The molecule has 0 unspecified atom stereocenters. The van der Waals surface area contributed by atoms with Crippen LogP contribution in [0.3, 0.4) is 0 Å². The van der Waals surface area contributed by atoms with E-state index in [1.165, 1.54) is 45.6 Å². The first kappa shape index (κ1) is 24.0. The Hall–Kier alpha value is -5.62. The maximum absolute atomic E-state index is 5.21. The van der Waals surface area contributed by atoms with Gasteiger partial charge < -0.3 is 4.57 Å². The van der Waals surface area contributed by atoms with Crippen LogP contribution in [0.5, 0.6) is 0 Å². The second kappa shape index (κ2) is 8.69. The number of aromatic nitrogens is 6. The molecule has 0 fully saturated rings. The number of nitrogens with zero attached hydrogens (tertiary/aromatic N) is 6. The summed E-state index contributed by atoms with van der Waals surface area (Å²) < 4.78 is 4.73. The van der Waals surface area contributed by atoms with Crippen molar-refractivity contribution in [2.75, 3.05) is 0 Å². The van der Waals surface area contributed by atoms with Crippen LogP contribution in [0.2, 0.25) is 0 Å². The van der Waals surface area contributed by atoms with Crippen LogP contribution >= 0.6 is 0 Å². The van der Waals surface area contributed by atoms with Crippen molar-refractivity contribution in [3.05, 3.63) is 133 Å². The molecule has 6 heteroatoms. The zero-order chi connectivity index (χ0) is 28.7. The van der Waals surface area contributed by atoms with Crippen molar-refractivity contribution in [1.29, 1.82) is 0 Å². The molecule has 1 aliphatic rings. The van der Waals surface area contributed by atoms with E-state index in [-0.39, 0.29) is 5.41 Å². The van der Waals surface area contributed by atoms with Crippen molar-refractivity contribution >= 4 is 32.8 Å². The van der Waals surface area contributed by atoms with E-state index in [9.17, 15) is 0 Å². The zero-order valence-electron chi connectivity index (χ0n) is 23.7. The van der Waals surface area contributed by atoms with Crippen molar-refractivity contribution in [3.63, 3.8) is 0 Å². The second-order valence-corrected chi connectivity index (χ2v) is 11.7. The van der Waals surface area contributed by atoms with Crippen LogP contribution in [0.15, 0.2) is 122 Å². The van der Waals surface area contributed by atoms with Crippen LogP contribution < -0.4 is 0 Å². The van der Waals surface area contributed by atoms with Crippen LogP contribution in [-0.4, -0.2) is 29.1 Å². The Morgan fingerprint density at radius 3 is 2.07 bits per heavy atom. The summed E-state index contributed by atoms with van der Waals surface area (Å²) in [4.78, 5) is 17.9. The average molecular weight is 555 g/mol. The Balaban J connectivity index is 1.31. The molecule has 6 nitrogen and oxygen atoms in total. The lowest BCUT2D eigenvalue weighted by Gasteiger charge is -2.35. The van der Waals surface area contributed by atoms with Gasteiger partial charge >= 0.3 is 0 Å². The molecule has 4 heterocycles. The predicted molar refractivity (Wildman–Crippen MR) is 172 cm³/mol. The fourth-order valence-corrected chi connectivity index (χ4v) is 6.95. The largest absolute Gasteiger partial charge is 0.309 e. The van der Waals surface area contributed by atoms with Gasteiger partial charge in [-0.2, -0.15) is 0 Å². The molecule has 0 saturated carbocycles. The highest BCUT2D eigenvalue weighted by molar-refractivity contribution is 6.09. The number of rotatable bonds is 3. The first-order chi connectivity index (χ1) is 21.1.